The number of rotatable bonds is 4. The van der Waals surface area contributed by atoms with E-state index in [1.165, 1.54) is 0 Å². The van der Waals surface area contributed by atoms with Crippen molar-refractivity contribution in [2.24, 2.45) is 0 Å². The molecule has 2 nitrogen and oxygen atoms in total. The Morgan fingerprint density at radius 3 is 2.83 bits per heavy atom. The molecule has 1 atom stereocenters. The Balaban J connectivity index is 2.66. The monoisotopic (exact) mass is 205 g/mol. The van der Waals surface area contributed by atoms with E-state index in [-0.39, 0.29) is 6.10 Å². The van der Waals surface area contributed by atoms with Crippen molar-refractivity contribution in [2.45, 2.75) is 6.10 Å². The lowest BCUT2D eigenvalue weighted by molar-refractivity contribution is 0.107. The maximum atomic E-state index is 5.80. The maximum absolute atomic E-state index is 5.80. The molecule has 1 aromatic heterocycles. The lowest BCUT2D eigenvalue weighted by Crippen LogP contribution is -2.17. The minimum absolute atomic E-state index is 0.118. The van der Waals surface area contributed by atoms with E-state index in [4.69, 9.17) is 16.3 Å². The zero-order chi connectivity index (χ0) is 8.97. The molecule has 0 bridgehead atoms. The summed E-state index contributed by atoms with van der Waals surface area (Å²) >= 11 is 7.36. The van der Waals surface area contributed by atoms with Crippen LogP contribution in [0.15, 0.2) is 12.1 Å². The van der Waals surface area contributed by atoms with Crippen LogP contribution in [-0.4, -0.2) is 20.7 Å². The minimum atomic E-state index is 0.118. The molecule has 0 saturated heterocycles. The highest BCUT2D eigenvalue weighted by Crippen LogP contribution is 2.28. The van der Waals surface area contributed by atoms with Gasteiger partial charge in [-0.3, -0.25) is 0 Å². The summed E-state index contributed by atoms with van der Waals surface area (Å²) < 4.78 is 6.09. The average Bonchev–Trinajstić information content (AvgIpc) is 2.47. The van der Waals surface area contributed by atoms with Gasteiger partial charge in [0, 0.05) is 18.5 Å². The van der Waals surface area contributed by atoms with E-state index in [0.717, 1.165) is 15.8 Å². The van der Waals surface area contributed by atoms with Crippen LogP contribution < -0.4 is 5.32 Å². The highest BCUT2D eigenvalue weighted by atomic mass is 35.5. The topological polar surface area (TPSA) is 21.3 Å². The number of nitrogens with one attached hydrogen (secondary N) is 1. The normalized spacial score (nSPS) is 13.2. The van der Waals surface area contributed by atoms with E-state index >= 15 is 0 Å². The highest BCUT2D eigenvalue weighted by Gasteiger charge is 2.10. The Hall–Kier alpha value is -0.0900. The van der Waals surface area contributed by atoms with Gasteiger partial charge in [-0.2, -0.15) is 0 Å². The number of thiophene rings is 1. The maximum Gasteiger partial charge on any atom is 0.104 e. The van der Waals surface area contributed by atoms with Crippen LogP contribution in [0, 0.1) is 0 Å². The molecule has 0 spiro atoms. The second-order valence-electron chi connectivity index (χ2n) is 2.42. The minimum Gasteiger partial charge on any atom is -0.375 e. The number of ether oxygens (including phenoxy) is 1. The summed E-state index contributed by atoms with van der Waals surface area (Å²) in [5.74, 6) is 0. The molecule has 1 unspecified atom stereocenters. The third-order valence-electron chi connectivity index (χ3n) is 1.59. The fourth-order valence-corrected chi connectivity index (χ4v) is 2.13. The zero-order valence-corrected chi connectivity index (χ0v) is 8.71. The first-order valence-electron chi connectivity index (χ1n) is 3.70. The van der Waals surface area contributed by atoms with Gasteiger partial charge >= 0.3 is 0 Å². The molecular weight excluding hydrogens is 194 g/mol. The average molecular weight is 206 g/mol. The van der Waals surface area contributed by atoms with Gasteiger partial charge in [0.15, 0.2) is 0 Å². The van der Waals surface area contributed by atoms with Crippen LogP contribution in [-0.2, 0) is 4.74 Å². The number of methoxy groups -OCH3 is 1. The van der Waals surface area contributed by atoms with Crippen molar-refractivity contribution in [2.75, 3.05) is 20.7 Å². The first-order valence-corrected chi connectivity index (χ1v) is 4.90. The summed E-state index contributed by atoms with van der Waals surface area (Å²) in [5.41, 5.74) is 0. The Morgan fingerprint density at radius 1 is 1.67 bits per heavy atom. The summed E-state index contributed by atoms with van der Waals surface area (Å²) in [6, 6.07) is 3.89. The van der Waals surface area contributed by atoms with E-state index in [2.05, 4.69) is 5.32 Å². The molecule has 0 aliphatic rings. The van der Waals surface area contributed by atoms with Crippen molar-refractivity contribution in [1.82, 2.24) is 5.32 Å². The molecule has 68 valence electrons. The van der Waals surface area contributed by atoms with E-state index < -0.39 is 0 Å². The molecule has 1 heterocycles. The van der Waals surface area contributed by atoms with Gasteiger partial charge in [0.2, 0.25) is 0 Å². The lowest BCUT2D eigenvalue weighted by atomic mass is 10.3. The van der Waals surface area contributed by atoms with Crippen LogP contribution in [0.5, 0.6) is 0 Å². The summed E-state index contributed by atoms with van der Waals surface area (Å²) in [6.07, 6.45) is 0.118. The van der Waals surface area contributed by atoms with Crippen LogP contribution in [0.2, 0.25) is 4.34 Å². The Kier molecular flexibility index (Phi) is 4.01. The Morgan fingerprint density at radius 2 is 2.42 bits per heavy atom. The summed E-state index contributed by atoms with van der Waals surface area (Å²) in [7, 11) is 3.61. The summed E-state index contributed by atoms with van der Waals surface area (Å²) in [4.78, 5) is 1.16. The fraction of sp³-hybridized carbons (Fsp3) is 0.500. The number of likely N-dealkylation sites (N-methyl/N-ethyl adjacent to an activating group) is 1. The Bertz CT molecular complexity index is 239. The van der Waals surface area contributed by atoms with E-state index in [9.17, 15) is 0 Å². The van der Waals surface area contributed by atoms with Gasteiger partial charge < -0.3 is 10.1 Å². The number of hydrogen-bond acceptors (Lipinski definition) is 3. The first-order chi connectivity index (χ1) is 5.77. The molecule has 0 radical (unpaired) electrons. The van der Waals surface area contributed by atoms with Gasteiger partial charge in [0.1, 0.15) is 6.10 Å². The molecule has 0 aliphatic heterocycles. The molecule has 1 N–H and O–H groups in total. The van der Waals surface area contributed by atoms with Gasteiger partial charge in [0.25, 0.3) is 0 Å². The van der Waals surface area contributed by atoms with Gasteiger partial charge in [0.05, 0.1) is 4.34 Å². The first kappa shape index (κ1) is 9.99. The summed E-state index contributed by atoms with van der Waals surface area (Å²) in [6.45, 7) is 0.813. The highest BCUT2D eigenvalue weighted by molar-refractivity contribution is 7.16. The van der Waals surface area contributed by atoms with E-state index in [1.807, 2.05) is 19.2 Å². The van der Waals surface area contributed by atoms with Gasteiger partial charge in [-0.15, -0.1) is 11.3 Å². The quantitative estimate of drug-likeness (QED) is 0.815. The molecule has 0 aromatic carbocycles. The standard InChI is InChI=1S/C8H12ClNOS/c1-10-5-6(11-2)7-3-4-8(9)12-7/h3-4,6,10H,5H2,1-2H3. The van der Waals surface area contributed by atoms with Crippen molar-refractivity contribution in [3.8, 4) is 0 Å². The van der Waals surface area contributed by atoms with Crippen LogP contribution >= 0.6 is 22.9 Å². The van der Waals surface area contributed by atoms with E-state index in [0.29, 0.717) is 0 Å². The third kappa shape index (κ3) is 2.45. The van der Waals surface area contributed by atoms with Gasteiger partial charge in [-0.1, -0.05) is 11.6 Å². The van der Waals surface area contributed by atoms with Crippen molar-refractivity contribution < 1.29 is 4.74 Å². The van der Waals surface area contributed by atoms with Gasteiger partial charge in [-0.25, -0.2) is 0 Å². The van der Waals surface area contributed by atoms with Crippen LogP contribution in [0.25, 0.3) is 0 Å². The zero-order valence-electron chi connectivity index (χ0n) is 7.13. The second kappa shape index (κ2) is 4.82. The number of halogens is 1. The van der Waals surface area contributed by atoms with Crippen molar-refractivity contribution in [1.29, 1.82) is 0 Å². The van der Waals surface area contributed by atoms with Crippen molar-refractivity contribution in [3.63, 3.8) is 0 Å². The molecular formula is C8H12ClNOS. The molecule has 4 heteroatoms. The molecule has 0 saturated carbocycles. The molecule has 0 fully saturated rings. The van der Waals surface area contributed by atoms with Crippen LogP contribution in [0.3, 0.4) is 0 Å². The van der Waals surface area contributed by atoms with Crippen molar-refractivity contribution in [3.05, 3.63) is 21.3 Å². The van der Waals surface area contributed by atoms with Crippen molar-refractivity contribution >= 4 is 22.9 Å². The molecule has 1 rings (SSSR count). The largest absolute Gasteiger partial charge is 0.375 e. The summed E-state index contributed by atoms with van der Waals surface area (Å²) in [5, 5.41) is 3.07. The smallest absolute Gasteiger partial charge is 0.104 e. The predicted molar refractivity (Wildman–Crippen MR) is 53.0 cm³/mol. The SMILES string of the molecule is CNCC(OC)c1ccc(Cl)s1. The predicted octanol–water partition coefficient (Wildman–Crippen LogP) is 2.31. The lowest BCUT2D eigenvalue weighted by Gasteiger charge is -2.11. The van der Waals surface area contributed by atoms with Gasteiger partial charge in [-0.05, 0) is 19.2 Å². The third-order valence-corrected chi connectivity index (χ3v) is 2.91. The molecule has 12 heavy (non-hydrogen) atoms. The molecule has 1 aromatic rings. The molecule has 0 amide bonds. The van der Waals surface area contributed by atoms with Crippen LogP contribution in [0.1, 0.15) is 11.0 Å². The Labute approximate surface area is 81.5 Å². The number of hydrogen-bond donors (Lipinski definition) is 1. The molecule has 0 aliphatic carbocycles. The van der Waals surface area contributed by atoms with Crippen LogP contribution in [0.4, 0.5) is 0 Å². The second-order valence-corrected chi connectivity index (χ2v) is 4.17. The fourth-order valence-electron chi connectivity index (χ4n) is 0.987. The van der Waals surface area contributed by atoms with E-state index in [1.54, 1.807) is 18.4 Å².